The van der Waals surface area contributed by atoms with Crippen molar-refractivity contribution in [1.82, 2.24) is 5.32 Å². The second-order valence-electron chi connectivity index (χ2n) is 7.04. The average molecular weight is 291 g/mol. The second kappa shape index (κ2) is 6.69. The summed E-state index contributed by atoms with van der Waals surface area (Å²) in [4.78, 5) is 0. The van der Waals surface area contributed by atoms with E-state index >= 15 is 0 Å². The van der Waals surface area contributed by atoms with Crippen molar-refractivity contribution >= 4 is 0 Å². The van der Waals surface area contributed by atoms with Gasteiger partial charge in [0, 0.05) is 11.6 Å². The highest BCUT2D eigenvalue weighted by molar-refractivity contribution is 5.43. The number of hydrogen-bond acceptors (Lipinski definition) is 3. The van der Waals surface area contributed by atoms with E-state index < -0.39 is 0 Å². The highest BCUT2D eigenvalue weighted by Gasteiger charge is 2.31. The fraction of sp³-hybridized carbons (Fsp3) is 0.667. The van der Waals surface area contributed by atoms with E-state index in [1.54, 1.807) is 14.2 Å². The standard InChI is InChI=1S/C18H29NO2/c1-18(2,3)19-12-13-7-6-8-15(13)16-10-9-14(20-4)11-17(16)21-5/h9-11,13,15,19H,6-8,12H2,1-5H3. The summed E-state index contributed by atoms with van der Waals surface area (Å²) in [5, 5.41) is 3.66. The lowest BCUT2D eigenvalue weighted by molar-refractivity contribution is 0.347. The molecule has 1 saturated carbocycles. The maximum atomic E-state index is 5.59. The monoisotopic (exact) mass is 291 g/mol. The van der Waals surface area contributed by atoms with E-state index in [0.29, 0.717) is 11.8 Å². The molecule has 2 atom stereocenters. The van der Waals surface area contributed by atoms with Crippen molar-refractivity contribution in [3.63, 3.8) is 0 Å². The molecule has 1 aliphatic rings. The highest BCUT2D eigenvalue weighted by Crippen LogP contribution is 2.43. The van der Waals surface area contributed by atoms with Crippen LogP contribution in [0.1, 0.15) is 51.5 Å². The minimum atomic E-state index is 0.178. The molecule has 0 heterocycles. The molecule has 1 aromatic rings. The van der Waals surface area contributed by atoms with Gasteiger partial charge in [-0.3, -0.25) is 0 Å². The van der Waals surface area contributed by atoms with Crippen molar-refractivity contribution in [1.29, 1.82) is 0 Å². The zero-order chi connectivity index (χ0) is 15.5. The first-order valence-corrected chi connectivity index (χ1v) is 7.91. The fourth-order valence-corrected chi connectivity index (χ4v) is 3.25. The molecule has 0 saturated heterocycles. The quantitative estimate of drug-likeness (QED) is 0.890. The summed E-state index contributed by atoms with van der Waals surface area (Å²) in [6, 6.07) is 6.23. The van der Waals surface area contributed by atoms with Gasteiger partial charge in [-0.15, -0.1) is 0 Å². The normalized spacial score (nSPS) is 22.3. The minimum Gasteiger partial charge on any atom is -0.497 e. The molecule has 1 fully saturated rings. The molecule has 0 bridgehead atoms. The van der Waals surface area contributed by atoms with Gasteiger partial charge in [-0.1, -0.05) is 12.5 Å². The maximum Gasteiger partial charge on any atom is 0.126 e. The van der Waals surface area contributed by atoms with Crippen LogP contribution >= 0.6 is 0 Å². The third-order valence-corrected chi connectivity index (χ3v) is 4.39. The maximum absolute atomic E-state index is 5.59. The largest absolute Gasteiger partial charge is 0.497 e. The summed E-state index contributed by atoms with van der Waals surface area (Å²) >= 11 is 0. The van der Waals surface area contributed by atoms with Gasteiger partial charge in [-0.05, 0) is 63.6 Å². The summed E-state index contributed by atoms with van der Waals surface area (Å²) in [7, 11) is 3.44. The number of benzene rings is 1. The first-order valence-electron chi connectivity index (χ1n) is 7.91. The van der Waals surface area contributed by atoms with E-state index in [1.807, 2.05) is 12.1 Å². The number of hydrogen-bond donors (Lipinski definition) is 1. The molecule has 21 heavy (non-hydrogen) atoms. The van der Waals surface area contributed by atoms with Crippen LogP contribution in [0.5, 0.6) is 11.5 Å². The molecule has 0 aromatic heterocycles. The lowest BCUT2D eigenvalue weighted by atomic mass is 9.87. The topological polar surface area (TPSA) is 30.5 Å². The first-order chi connectivity index (χ1) is 9.94. The van der Waals surface area contributed by atoms with E-state index in [-0.39, 0.29) is 5.54 Å². The molecule has 0 spiro atoms. The Bertz CT molecular complexity index is 465. The molecule has 118 valence electrons. The Morgan fingerprint density at radius 3 is 2.52 bits per heavy atom. The van der Waals surface area contributed by atoms with Crippen molar-refractivity contribution < 1.29 is 9.47 Å². The molecular weight excluding hydrogens is 262 g/mol. The third kappa shape index (κ3) is 4.13. The van der Waals surface area contributed by atoms with Crippen LogP contribution in [-0.2, 0) is 0 Å². The molecule has 0 radical (unpaired) electrons. The zero-order valence-corrected chi connectivity index (χ0v) is 14.0. The van der Waals surface area contributed by atoms with Crippen molar-refractivity contribution in [3.8, 4) is 11.5 Å². The Kier molecular flexibility index (Phi) is 5.15. The van der Waals surface area contributed by atoms with Gasteiger partial charge in [0.1, 0.15) is 11.5 Å². The average Bonchev–Trinajstić information content (AvgIpc) is 2.91. The lowest BCUT2D eigenvalue weighted by Crippen LogP contribution is -2.39. The highest BCUT2D eigenvalue weighted by atomic mass is 16.5. The van der Waals surface area contributed by atoms with Gasteiger partial charge in [0.2, 0.25) is 0 Å². The molecule has 0 aliphatic heterocycles. The van der Waals surface area contributed by atoms with Crippen molar-refractivity contribution in [2.75, 3.05) is 20.8 Å². The smallest absolute Gasteiger partial charge is 0.126 e. The molecule has 1 N–H and O–H groups in total. The molecule has 0 amide bonds. The van der Waals surface area contributed by atoms with Crippen LogP contribution in [0.2, 0.25) is 0 Å². The fourth-order valence-electron chi connectivity index (χ4n) is 3.25. The Morgan fingerprint density at radius 1 is 1.14 bits per heavy atom. The van der Waals surface area contributed by atoms with Crippen LogP contribution in [0.25, 0.3) is 0 Å². The van der Waals surface area contributed by atoms with Crippen LogP contribution in [0, 0.1) is 5.92 Å². The number of methoxy groups -OCH3 is 2. The van der Waals surface area contributed by atoms with Gasteiger partial charge >= 0.3 is 0 Å². The predicted octanol–water partition coefficient (Wildman–Crippen LogP) is 3.98. The lowest BCUT2D eigenvalue weighted by Gasteiger charge is -2.27. The van der Waals surface area contributed by atoms with Crippen LogP contribution in [0.4, 0.5) is 0 Å². The molecular formula is C18H29NO2. The van der Waals surface area contributed by atoms with Crippen molar-refractivity contribution in [2.45, 2.75) is 51.5 Å². The minimum absolute atomic E-state index is 0.178. The Labute approximate surface area is 129 Å². The summed E-state index contributed by atoms with van der Waals surface area (Å²) in [5.41, 5.74) is 1.51. The molecule has 2 rings (SSSR count). The Morgan fingerprint density at radius 2 is 1.90 bits per heavy atom. The van der Waals surface area contributed by atoms with Crippen LogP contribution in [0.3, 0.4) is 0 Å². The molecule has 2 unspecified atom stereocenters. The van der Waals surface area contributed by atoms with Crippen LogP contribution in [-0.4, -0.2) is 26.3 Å². The van der Waals surface area contributed by atoms with Gasteiger partial charge in [0.25, 0.3) is 0 Å². The van der Waals surface area contributed by atoms with E-state index in [4.69, 9.17) is 9.47 Å². The summed E-state index contributed by atoms with van der Waals surface area (Å²) < 4.78 is 10.9. The Hall–Kier alpha value is -1.22. The summed E-state index contributed by atoms with van der Waals surface area (Å²) in [5.74, 6) is 3.09. The van der Waals surface area contributed by atoms with Gasteiger partial charge in [0.15, 0.2) is 0 Å². The Balaban J connectivity index is 2.15. The third-order valence-electron chi connectivity index (χ3n) is 4.39. The van der Waals surface area contributed by atoms with Crippen molar-refractivity contribution in [2.24, 2.45) is 5.92 Å². The van der Waals surface area contributed by atoms with Crippen LogP contribution < -0.4 is 14.8 Å². The number of nitrogens with one attached hydrogen (secondary N) is 1. The molecule has 3 heteroatoms. The van der Waals surface area contributed by atoms with E-state index in [0.717, 1.165) is 18.0 Å². The van der Waals surface area contributed by atoms with E-state index in [9.17, 15) is 0 Å². The SMILES string of the molecule is COc1ccc(C2CCCC2CNC(C)(C)C)c(OC)c1. The molecule has 3 nitrogen and oxygen atoms in total. The molecule has 1 aliphatic carbocycles. The van der Waals surface area contributed by atoms with Gasteiger partial charge < -0.3 is 14.8 Å². The van der Waals surface area contributed by atoms with E-state index in [2.05, 4.69) is 32.2 Å². The van der Waals surface area contributed by atoms with Crippen LogP contribution in [0.15, 0.2) is 18.2 Å². The summed E-state index contributed by atoms with van der Waals surface area (Å²) in [6.07, 6.45) is 3.85. The first kappa shape index (κ1) is 16.2. The van der Waals surface area contributed by atoms with Gasteiger partial charge in [-0.25, -0.2) is 0 Å². The molecule has 1 aromatic carbocycles. The zero-order valence-electron chi connectivity index (χ0n) is 14.0. The number of ether oxygens (including phenoxy) is 2. The van der Waals surface area contributed by atoms with E-state index in [1.165, 1.54) is 24.8 Å². The van der Waals surface area contributed by atoms with Gasteiger partial charge in [0.05, 0.1) is 14.2 Å². The summed E-state index contributed by atoms with van der Waals surface area (Å²) in [6.45, 7) is 7.75. The number of rotatable bonds is 5. The van der Waals surface area contributed by atoms with Crippen molar-refractivity contribution in [3.05, 3.63) is 23.8 Å². The van der Waals surface area contributed by atoms with Gasteiger partial charge in [-0.2, -0.15) is 0 Å². The second-order valence-corrected chi connectivity index (χ2v) is 7.04. The predicted molar refractivity (Wildman–Crippen MR) is 87.4 cm³/mol.